The molecule has 22 heavy (non-hydrogen) atoms. The minimum atomic E-state index is -0.803. The molecule has 1 atom stereocenters. The van der Waals surface area contributed by atoms with Crippen molar-refractivity contribution in [2.75, 3.05) is 5.32 Å². The molecular weight excluding hydrogens is 285 g/mol. The number of anilines is 1. The third-order valence-corrected chi connectivity index (χ3v) is 3.07. The second-order valence-electron chi connectivity index (χ2n) is 4.81. The summed E-state index contributed by atoms with van der Waals surface area (Å²) in [6, 6.07) is 12.4. The van der Waals surface area contributed by atoms with Crippen molar-refractivity contribution in [1.29, 1.82) is 0 Å². The molecule has 5 heteroatoms. The summed E-state index contributed by atoms with van der Waals surface area (Å²) < 4.78 is 19.0. The van der Waals surface area contributed by atoms with Gasteiger partial charge in [-0.25, -0.2) is 4.39 Å². The van der Waals surface area contributed by atoms with Gasteiger partial charge in [-0.05, 0) is 50.2 Å². The van der Waals surface area contributed by atoms with Crippen molar-refractivity contribution >= 4 is 17.4 Å². The number of benzene rings is 2. The van der Waals surface area contributed by atoms with Gasteiger partial charge in [-0.1, -0.05) is 12.1 Å². The van der Waals surface area contributed by atoms with Crippen LogP contribution >= 0.6 is 0 Å². The molecule has 114 valence electrons. The van der Waals surface area contributed by atoms with Gasteiger partial charge in [0.05, 0.1) is 5.69 Å². The fraction of sp³-hybridized carbons (Fsp3) is 0.176. The molecule has 0 fully saturated rings. The number of ketones is 1. The first-order chi connectivity index (χ1) is 10.5. The number of rotatable bonds is 5. The molecule has 0 radical (unpaired) electrons. The highest BCUT2D eigenvalue weighted by atomic mass is 19.1. The van der Waals surface area contributed by atoms with Crippen molar-refractivity contribution in [3.63, 3.8) is 0 Å². The standard InChI is InChI=1S/C17H16FNO3/c1-11(20)13-7-9-14(10-8-13)22-12(2)17(21)19-16-6-4-3-5-15(16)18/h3-10,12H,1-2H3,(H,19,21). The van der Waals surface area contributed by atoms with E-state index in [2.05, 4.69) is 5.32 Å². The number of hydrogen-bond acceptors (Lipinski definition) is 3. The Morgan fingerprint density at radius 3 is 2.32 bits per heavy atom. The average molecular weight is 301 g/mol. The molecule has 0 aliphatic carbocycles. The minimum absolute atomic E-state index is 0.0445. The van der Waals surface area contributed by atoms with Gasteiger partial charge in [0, 0.05) is 5.56 Å². The van der Waals surface area contributed by atoms with E-state index < -0.39 is 17.8 Å². The maximum Gasteiger partial charge on any atom is 0.265 e. The van der Waals surface area contributed by atoms with E-state index in [4.69, 9.17) is 4.74 Å². The van der Waals surface area contributed by atoms with Crippen LogP contribution in [0.3, 0.4) is 0 Å². The smallest absolute Gasteiger partial charge is 0.265 e. The molecule has 0 aliphatic rings. The third kappa shape index (κ3) is 3.91. The number of carbonyl (C=O) groups excluding carboxylic acids is 2. The highest BCUT2D eigenvalue weighted by Crippen LogP contribution is 2.16. The molecule has 0 spiro atoms. The van der Waals surface area contributed by atoms with Gasteiger partial charge in [0.25, 0.3) is 5.91 Å². The van der Waals surface area contributed by atoms with Gasteiger partial charge < -0.3 is 10.1 Å². The molecule has 0 aliphatic heterocycles. The van der Waals surface area contributed by atoms with Crippen LogP contribution in [-0.2, 0) is 4.79 Å². The Morgan fingerprint density at radius 2 is 1.73 bits per heavy atom. The highest BCUT2D eigenvalue weighted by molar-refractivity contribution is 5.95. The van der Waals surface area contributed by atoms with Crippen LogP contribution < -0.4 is 10.1 Å². The number of carbonyl (C=O) groups is 2. The second-order valence-corrected chi connectivity index (χ2v) is 4.81. The summed E-state index contributed by atoms with van der Waals surface area (Å²) in [5.41, 5.74) is 0.672. The molecule has 4 nitrogen and oxygen atoms in total. The summed E-state index contributed by atoms with van der Waals surface area (Å²) in [6.07, 6.45) is -0.803. The Kier molecular flexibility index (Phi) is 4.88. The number of amides is 1. The number of para-hydroxylation sites is 1. The molecule has 1 unspecified atom stereocenters. The van der Waals surface area contributed by atoms with Crippen molar-refractivity contribution in [3.8, 4) is 5.75 Å². The fourth-order valence-corrected chi connectivity index (χ4v) is 1.82. The Morgan fingerprint density at radius 1 is 1.09 bits per heavy atom. The van der Waals surface area contributed by atoms with Crippen molar-refractivity contribution in [2.24, 2.45) is 0 Å². The minimum Gasteiger partial charge on any atom is -0.481 e. The number of halogens is 1. The van der Waals surface area contributed by atoms with E-state index >= 15 is 0 Å². The van der Waals surface area contributed by atoms with E-state index in [-0.39, 0.29) is 11.5 Å². The summed E-state index contributed by atoms with van der Waals surface area (Å²) >= 11 is 0. The van der Waals surface area contributed by atoms with Gasteiger partial charge in [0.15, 0.2) is 11.9 Å². The Hall–Kier alpha value is -2.69. The normalized spacial score (nSPS) is 11.6. The Labute approximate surface area is 127 Å². The van der Waals surface area contributed by atoms with Gasteiger partial charge in [0.1, 0.15) is 11.6 Å². The molecule has 0 saturated carbocycles. The molecule has 0 bridgehead atoms. The number of nitrogens with one attached hydrogen (secondary N) is 1. The van der Waals surface area contributed by atoms with Crippen molar-refractivity contribution in [3.05, 3.63) is 59.9 Å². The predicted octanol–water partition coefficient (Wildman–Crippen LogP) is 3.43. The SMILES string of the molecule is CC(=O)c1ccc(OC(C)C(=O)Nc2ccccc2F)cc1. The zero-order chi connectivity index (χ0) is 16.1. The van der Waals surface area contributed by atoms with Gasteiger partial charge in [-0.2, -0.15) is 0 Å². The van der Waals surface area contributed by atoms with E-state index in [1.165, 1.54) is 19.1 Å². The Balaban J connectivity index is 1.99. The monoisotopic (exact) mass is 301 g/mol. The van der Waals surface area contributed by atoms with Crippen molar-refractivity contribution in [2.45, 2.75) is 20.0 Å². The van der Waals surface area contributed by atoms with Crippen molar-refractivity contribution in [1.82, 2.24) is 0 Å². The van der Waals surface area contributed by atoms with Gasteiger partial charge in [-0.15, -0.1) is 0 Å². The van der Waals surface area contributed by atoms with Crippen LogP contribution in [0, 0.1) is 5.82 Å². The lowest BCUT2D eigenvalue weighted by Crippen LogP contribution is -2.30. The summed E-state index contributed by atoms with van der Waals surface area (Å²) in [6.45, 7) is 3.04. The molecule has 1 amide bonds. The van der Waals surface area contributed by atoms with Crippen LogP contribution in [-0.4, -0.2) is 17.8 Å². The first kappa shape index (κ1) is 15.7. The van der Waals surface area contributed by atoms with Crippen LogP contribution in [0.5, 0.6) is 5.75 Å². The first-order valence-corrected chi connectivity index (χ1v) is 6.80. The predicted molar refractivity (Wildman–Crippen MR) is 81.6 cm³/mol. The lowest BCUT2D eigenvalue weighted by Gasteiger charge is -2.15. The zero-order valence-electron chi connectivity index (χ0n) is 12.3. The molecule has 0 heterocycles. The summed E-state index contributed by atoms with van der Waals surface area (Å²) in [5, 5.41) is 2.47. The fourth-order valence-electron chi connectivity index (χ4n) is 1.82. The quantitative estimate of drug-likeness (QED) is 0.861. The summed E-state index contributed by atoms with van der Waals surface area (Å²) in [7, 11) is 0. The molecule has 2 aromatic carbocycles. The first-order valence-electron chi connectivity index (χ1n) is 6.80. The lowest BCUT2D eigenvalue weighted by atomic mass is 10.1. The second kappa shape index (κ2) is 6.85. The van der Waals surface area contributed by atoms with E-state index in [1.807, 2.05) is 0 Å². The van der Waals surface area contributed by atoms with Crippen LogP contribution in [0.25, 0.3) is 0 Å². The topological polar surface area (TPSA) is 55.4 Å². The highest BCUT2D eigenvalue weighted by Gasteiger charge is 2.16. The molecular formula is C17H16FNO3. The molecule has 0 aromatic heterocycles. The molecule has 2 rings (SSSR count). The Bertz CT molecular complexity index is 683. The molecule has 0 saturated heterocycles. The van der Waals surface area contributed by atoms with Crippen LogP contribution in [0.2, 0.25) is 0 Å². The third-order valence-electron chi connectivity index (χ3n) is 3.07. The maximum absolute atomic E-state index is 13.5. The zero-order valence-corrected chi connectivity index (χ0v) is 12.3. The lowest BCUT2D eigenvalue weighted by molar-refractivity contribution is -0.122. The van der Waals surface area contributed by atoms with Gasteiger partial charge >= 0.3 is 0 Å². The molecule has 2 aromatic rings. The van der Waals surface area contributed by atoms with E-state index in [9.17, 15) is 14.0 Å². The number of Topliss-reactive ketones (excluding diaryl/α,β-unsaturated/α-hetero) is 1. The molecule has 1 N–H and O–H groups in total. The summed E-state index contributed by atoms with van der Waals surface area (Å²) in [4.78, 5) is 23.2. The van der Waals surface area contributed by atoms with E-state index in [0.717, 1.165) is 0 Å². The van der Waals surface area contributed by atoms with Crippen LogP contribution in [0.1, 0.15) is 24.2 Å². The van der Waals surface area contributed by atoms with Crippen LogP contribution in [0.4, 0.5) is 10.1 Å². The number of ether oxygens (including phenoxy) is 1. The van der Waals surface area contributed by atoms with E-state index in [0.29, 0.717) is 11.3 Å². The van der Waals surface area contributed by atoms with Gasteiger partial charge in [0.2, 0.25) is 0 Å². The maximum atomic E-state index is 13.5. The van der Waals surface area contributed by atoms with Crippen molar-refractivity contribution < 1.29 is 18.7 Å². The number of hydrogen-bond donors (Lipinski definition) is 1. The van der Waals surface area contributed by atoms with E-state index in [1.54, 1.807) is 43.3 Å². The van der Waals surface area contributed by atoms with Crippen LogP contribution in [0.15, 0.2) is 48.5 Å². The average Bonchev–Trinajstić information content (AvgIpc) is 2.50. The van der Waals surface area contributed by atoms with Gasteiger partial charge in [-0.3, -0.25) is 9.59 Å². The summed E-state index contributed by atoms with van der Waals surface area (Å²) in [5.74, 6) is -0.548. The largest absolute Gasteiger partial charge is 0.481 e.